The van der Waals surface area contributed by atoms with Gasteiger partial charge in [-0.25, -0.2) is 0 Å². The van der Waals surface area contributed by atoms with Crippen LogP contribution in [0.2, 0.25) is 0 Å². The lowest BCUT2D eigenvalue weighted by Gasteiger charge is -2.02. The Morgan fingerprint density at radius 3 is 2.79 bits per heavy atom. The van der Waals surface area contributed by atoms with Gasteiger partial charge in [-0.1, -0.05) is 25.0 Å². The van der Waals surface area contributed by atoms with E-state index in [1.165, 1.54) is 12.8 Å². The number of aliphatic imine (C=N–C) groups is 1. The molecule has 0 bridgehead atoms. The largest absolute Gasteiger partial charge is 0.305 e. The fourth-order valence-electron chi connectivity index (χ4n) is 1.40. The van der Waals surface area contributed by atoms with Gasteiger partial charge in [-0.2, -0.15) is 0 Å². The maximum Gasteiger partial charge on any atom is 0.0401 e. The fraction of sp³-hybridized carbons (Fsp3) is 0.500. The summed E-state index contributed by atoms with van der Waals surface area (Å²) in [5, 5.41) is 7.87. The summed E-state index contributed by atoms with van der Waals surface area (Å²) in [5.74, 6) is 0.888. The fourth-order valence-corrected chi connectivity index (χ4v) is 1.40. The first-order valence-corrected chi connectivity index (χ1v) is 5.14. The molecule has 1 N–H and O–H groups in total. The zero-order valence-electron chi connectivity index (χ0n) is 8.79. The van der Waals surface area contributed by atoms with Crippen molar-refractivity contribution in [3.05, 3.63) is 23.9 Å². The van der Waals surface area contributed by atoms with E-state index in [1.54, 1.807) is 6.20 Å². The smallest absolute Gasteiger partial charge is 0.0401 e. The third-order valence-corrected chi connectivity index (χ3v) is 2.42. The molecule has 0 aromatic carbocycles. The minimum atomic E-state index is 0.683. The number of hydrogen-bond donors (Lipinski definition) is 1. The molecule has 0 amide bonds. The van der Waals surface area contributed by atoms with Crippen molar-refractivity contribution in [2.45, 2.75) is 32.6 Å². The lowest BCUT2D eigenvalue weighted by molar-refractivity contribution is 0.757. The summed E-state index contributed by atoms with van der Waals surface area (Å²) in [6.45, 7) is 5.37. The van der Waals surface area contributed by atoms with Gasteiger partial charge in [0.25, 0.3) is 0 Å². The highest BCUT2D eigenvalue weighted by molar-refractivity contribution is 6.00. The molecule has 1 aliphatic rings. The van der Waals surface area contributed by atoms with Crippen LogP contribution in [0.15, 0.2) is 28.9 Å². The van der Waals surface area contributed by atoms with Crippen LogP contribution >= 0.6 is 0 Å². The van der Waals surface area contributed by atoms with E-state index in [0.29, 0.717) is 5.71 Å². The average molecular weight is 190 g/mol. The predicted octanol–water partition coefficient (Wildman–Crippen LogP) is 3.36. The molecular weight excluding hydrogens is 172 g/mol. The second-order valence-electron chi connectivity index (χ2n) is 3.73. The van der Waals surface area contributed by atoms with Gasteiger partial charge in [0.2, 0.25) is 0 Å². The Kier molecular flexibility index (Phi) is 4.30. The molecule has 0 radical (unpaired) electrons. The Balaban J connectivity index is 2.44. The Bertz CT molecular complexity index is 270. The Morgan fingerprint density at radius 1 is 1.57 bits per heavy atom. The maximum absolute atomic E-state index is 7.87. The number of allylic oxidation sites excluding steroid dienone is 3. The highest BCUT2D eigenvalue weighted by Crippen LogP contribution is 2.33. The van der Waals surface area contributed by atoms with Crippen LogP contribution in [0.25, 0.3) is 0 Å². The molecule has 1 fully saturated rings. The van der Waals surface area contributed by atoms with Crippen molar-refractivity contribution >= 4 is 12.4 Å². The predicted molar refractivity (Wildman–Crippen MR) is 62.1 cm³/mol. The van der Waals surface area contributed by atoms with E-state index in [1.807, 2.05) is 19.1 Å². The van der Waals surface area contributed by atoms with E-state index >= 15 is 0 Å². The van der Waals surface area contributed by atoms with E-state index in [-0.39, 0.29) is 0 Å². The van der Waals surface area contributed by atoms with Crippen LogP contribution < -0.4 is 0 Å². The molecule has 1 rings (SSSR count). The normalized spacial score (nSPS) is 17.4. The van der Waals surface area contributed by atoms with Crippen LogP contribution in [0, 0.1) is 11.3 Å². The zero-order chi connectivity index (χ0) is 10.4. The molecule has 0 spiro atoms. The van der Waals surface area contributed by atoms with Gasteiger partial charge < -0.3 is 5.41 Å². The molecule has 76 valence electrons. The molecule has 0 unspecified atom stereocenters. The van der Waals surface area contributed by atoms with Gasteiger partial charge in [0, 0.05) is 17.5 Å². The zero-order valence-corrected chi connectivity index (χ0v) is 8.79. The third kappa shape index (κ3) is 3.69. The van der Waals surface area contributed by atoms with Gasteiger partial charge in [0.15, 0.2) is 0 Å². The Morgan fingerprint density at radius 2 is 2.29 bits per heavy atom. The summed E-state index contributed by atoms with van der Waals surface area (Å²) < 4.78 is 0. The minimum absolute atomic E-state index is 0.683. The number of nitrogens with zero attached hydrogens (tertiary/aromatic N) is 1. The molecule has 2 heteroatoms. The van der Waals surface area contributed by atoms with Gasteiger partial charge in [0.05, 0.1) is 0 Å². The van der Waals surface area contributed by atoms with Crippen LogP contribution in [0.3, 0.4) is 0 Å². The summed E-state index contributed by atoms with van der Waals surface area (Å²) in [4.78, 5) is 3.71. The van der Waals surface area contributed by atoms with E-state index < -0.39 is 0 Å². The van der Waals surface area contributed by atoms with Crippen LogP contribution in [0.5, 0.6) is 0 Å². The average Bonchev–Trinajstić information content (AvgIpc) is 2.97. The second kappa shape index (κ2) is 5.53. The summed E-state index contributed by atoms with van der Waals surface area (Å²) in [6.07, 6.45) is 10.3. The van der Waals surface area contributed by atoms with Crippen LogP contribution in [0.4, 0.5) is 0 Å². The molecule has 14 heavy (non-hydrogen) atoms. The van der Waals surface area contributed by atoms with E-state index in [9.17, 15) is 0 Å². The molecule has 0 heterocycles. The van der Waals surface area contributed by atoms with Gasteiger partial charge >= 0.3 is 0 Å². The summed E-state index contributed by atoms with van der Waals surface area (Å²) >= 11 is 0. The Hall–Kier alpha value is -1.18. The topological polar surface area (TPSA) is 36.2 Å². The standard InChI is InChI=1S/C12H18N2/c1-3-4-11(9-14-2)12(13)8-7-10-5-6-10/h3-4,9-10,13H,2,5-8H2,1H3/b4-3-,11-9+,13-12?. The van der Waals surface area contributed by atoms with Gasteiger partial charge in [-0.15, -0.1) is 0 Å². The summed E-state index contributed by atoms with van der Waals surface area (Å²) in [7, 11) is 0. The van der Waals surface area contributed by atoms with Gasteiger partial charge in [-0.3, -0.25) is 4.99 Å². The van der Waals surface area contributed by atoms with Gasteiger partial charge in [0.1, 0.15) is 0 Å². The first kappa shape index (κ1) is 10.9. The Labute approximate surface area is 85.9 Å². The summed E-state index contributed by atoms with van der Waals surface area (Å²) in [5.41, 5.74) is 1.57. The minimum Gasteiger partial charge on any atom is -0.305 e. The number of hydrogen-bond acceptors (Lipinski definition) is 2. The lowest BCUT2D eigenvalue weighted by atomic mass is 10.0. The molecule has 1 aliphatic carbocycles. The second-order valence-corrected chi connectivity index (χ2v) is 3.73. The first-order chi connectivity index (χ1) is 6.77. The van der Waals surface area contributed by atoms with E-state index in [4.69, 9.17) is 5.41 Å². The van der Waals surface area contributed by atoms with Crippen molar-refractivity contribution < 1.29 is 0 Å². The molecule has 0 aromatic rings. The number of rotatable bonds is 6. The van der Waals surface area contributed by atoms with Crippen molar-refractivity contribution in [2.24, 2.45) is 10.9 Å². The summed E-state index contributed by atoms with van der Waals surface area (Å²) in [6, 6.07) is 0. The SMILES string of the molecule is C=N/C=C(\C=C/C)C(=N)CCC1CC1. The van der Waals surface area contributed by atoms with Crippen LogP contribution in [-0.2, 0) is 0 Å². The molecule has 0 aliphatic heterocycles. The molecule has 1 saturated carbocycles. The monoisotopic (exact) mass is 190 g/mol. The van der Waals surface area contributed by atoms with E-state index in [0.717, 1.165) is 24.3 Å². The van der Waals surface area contributed by atoms with Crippen molar-refractivity contribution in [3.8, 4) is 0 Å². The molecule has 0 aromatic heterocycles. The van der Waals surface area contributed by atoms with Crippen molar-refractivity contribution in [1.29, 1.82) is 5.41 Å². The molecule has 0 saturated heterocycles. The molecule has 2 nitrogen and oxygen atoms in total. The van der Waals surface area contributed by atoms with Crippen LogP contribution in [0.1, 0.15) is 32.6 Å². The first-order valence-electron chi connectivity index (χ1n) is 5.14. The van der Waals surface area contributed by atoms with Crippen molar-refractivity contribution in [3.63, 3.8) is 0 Å². The lowest BCUT2D eigenvalue weighted by Crippen LogP contribution is -1.99. The molecule has 0 atom stereocenters. The highest BCUT2D eigenvalue weighted by Gasteiger charge is 2.21. The van der Waals surface area contributed by atoms with Crippen molar-refractivity contribution in [1.82, 2.24) is 0 Å². The maximum atomic E-state index is 7.87. The molecular formula is C12H18N2. The third-order valence-electron chi connectivity index (χ3n) is 2.42. The van der Waals surface area contributed by atoms with Crippen LogP contribution in [-0.4, -0.2) is 12.4 Å². The van der Waals surface area contributed by atoms with Crippen molar-refractivity contribution in [2.75, 3.05) is 0 Å². The number of nitrogens with one attached hydrogen (secondary N) is 1. The highest BCUT2D eigenvalue weighted by atomic mass is 14.6. The van der Waals surface area contributed by atoms with E-state index in [2.05, 4.69) is 11.7 Å². The quantitative estimate of drug-likeness (QED) is 0.492. The van der Waals surface area contributed by atoms with Gasteiger partial charge in [-0.05, 0) is 32.4 Å².